The summed E-state index contributed by atoms with van der Waals surface area (Å²) in [6, 6.07) is 15.3. The maximum absolute atomic E-state index is 14.9. The Kier molecular flexibility index (Phi) is 9.39. The SMILES string of the molecule is C=CCN(C)C(=O)[C@H]1[C@H]2C(=O)N([C@@H](CO)Cc3ccccc3)C(C(=O)N(CC=C)c3ccc(OC)cc3)C23CC(Br)[C@@H]1S3. The van der Waals surface area contributed by atoms with E-state index in [1.807, 2.05) is 42.5 Å². The number of halogens is 1. The van der Waals surface area contributed by atoms with Crippen molar-refractivity contribution in [2.75, 3.05) is 38.8 Å². The van der Waals surface area contributed by atoms with Crippen molar-refractivity contribution in [1.29, 1.82) is 0 Å². The molecular weight excluding hydrogens is 630 g/mol. The first-order chi connectivity index (χ1) is 20.7. The molecule has 3 heterocycles. The second-order valence-corrected chi connectivity index (χ2v) is 14.1. The lowest BCUT2D eigenvalue weighted by atomic mass is 9.70. The molecule has 2 aromatic carbocycles. The summed E-state index contributed by atoms with van der Waals surface area (Å²) in [7, 11) is 3.30. The zero-order chi connectivity index (χ0) is 30.9. The number of carbonyl (C=O) groups excluding carboxylic acids is 3. The van der Waals surface area contributed by atoms with Gasteiger partial charge in [0.25, 0.3) is 5.91 Å². The van der Waals surface area contributed by atoms with Gasteiger partial charge in [0.05, 0.1) is 36.3 Å². The van der Waals surface area contributed by atoms with Crippen LogP contribution in [0.25, 0.3) is 0 Å². The fourth-order valence-electron chi connectivity index (χ4n) is 7.06. The molecule has 10 heteroatoms. The fraction of sp³-hybridized carbons (Fsp3) is 0.424. The zero-order valence-electron chi connectivity index (χ0n) is 24.5. The molecule has 228 valence electrons. The minimum Gasteiger partial charge on any atom is -0.497 e. The van der Waals surface area contributed by atoms with E-state index in [0.717, 1.165) is 5.56 Å². The molecular formula is C33H38BrN3O5S. The number of alkyl halides is 1. The number of likely N-dealkylation sites (tertiary alicyclic amines) is 1. The van der Waals surface area contributed by atoms with Crippen molar-refractivity contribution in [2.24, 2.45) is 11.8 Å². The van der Waals surface area contributed by atoms with Crippen LogP contribution in [0.3, 0.4) is 0 Å². The number of thioether (sulfide) groups is 1. The largest absolute Gasteiger partial charge is 0.497 e. The first-order valence-corrected chi connectivity index (χ1v) is 16.2. The number of benzene rings is 2. The zero-order valence-corrected chi connectivity index (χ0v) is 26.9. The van der Waals surface area contributed by atoms with Crippen molar-refractivity contribution in [3.05, 3.63) is 85.5 Å². The molecule has 3 amide bonds. The Morgan fingerprint density at radius 1 is 1.14 bits per heavy atom. The third kappa shape index (κ3) is 5.42. The van der Waals surface area contributed by atoms with Gasteiger partial charge in [-0.2, -0.15) is 0 Å². The van der Waals surface area contributed by atoms with Gasteiger partial charge in [0, 0.05) is 35.9 Å². The van der Waals surface area contributed by atoms with Gasteiger partial charge in [-0.25, -0.2) is 0 Å². The van der Waals surface area contributed by atoms with E-state index in [4.69, 9.17) is 4.74 Å². The van der Waals surface area contributed by atoms with Crippen LogP contribution < -0.4 is 9.64 Å². The van der Waals surface area contributed by atoms with E-state index < -0.39 is 28.7 Å². The van der Waals surface area contributed by atoms with Crippen LogP contribution in [0, 0.1) is 11.8 Å². The van der Waals surface area contributed by atoms with Crippen LogP contribution in [0.1, 0.15) is 12.0 Å². The van der Waals surface area contributed by atoms with E-state index >= 15 is 0 Å². The van der Waals surface area contributed by atoms with Crippen LogP contribution in [-0.4, -0.2) is 93.4 Å². The topological polar surface area (TPSA) is 90.4 Å². The summed E-state index contributed by atoms with van der Waals surface area (Å²) in [5.41, 5.74) is 1.59. The smallest absolute Gasteiger partial charge is 0.251 e. The highest BCUT2D eigenvalue weighted by Gasteiger charge is 2.76. The van der Waals surface area contributed by atoms with Gasteiger partial charge < -0.3 is 24.5 Å². The van der Waals surface area contributed by atoms with E-state index in [1.54, 1.807) is 64.9 Å². The van der Waals surface area contributed by atoms with Crippen molar-refractivity contribution in [1.82, 2.24) is 9.80 Å². The molecule has 0 saturated carbocycles. The van der Waals surface area contributed by atoms with Crippen LogP contribution in [0.15, 0.2) is 79.9 Å². The quantitative estimate of drug-likeness (QED) is 0.273. The summed E-state index contributed by atoms with van der Waals surface area (Å²) in [4.78, 5) is 48.3. The third-order valence-corrected chi connectivity index (χ3v) is 12.1. The lowest BCUT2D eigenvalue weighted by molar-refractivity contribution is -0.144. The second kappa shape index (κ2) is 12.9. The lowest BCUT2D eigenvalue weighted by Gasteiger charge is -2.40. The van der Waals surface area contributed by atoms with Crippen molar-refractivity contribution >= 4 is 51.1 Å². The van der Waals surface area contributed by atoms with Gasteiger partial charge in [-0.05, 0) is 42.7 Å². The maximum Gasteiger partial charge on any atom is 0.251 e. The monoisotopic (exact) mass is 667 g/mol. The molecule has 3 aliphatic rings. The Morgan fingerprint density at radius 2 is 1.81 bits per heavy atom. The number of hydrogen-bond donors (Lipinski definition) is 1. The highest BCUT2D eigenvalue weighted by Crippen LogP contribution is 2.68. The van der Waals surface area contributed by atoms with Crippen LogP contribution in [0.2, 0.25) is 0 Å². The maximum atomic E-state index is 14.9. The Hall–Kier alpha value is -3.08. The lowest BCUT2D eigenvalue weighted by Crippen LogP contribution is -2.58. The number of aliphatic hydroxyl groups excluding tert-OH is 1. The molecule has 0 aliphatic carbocycles. The molecule has 3 saturated heterocycles. The summed E-state index contributed by atoms with van der Waals surface area (Å²) >= 11 is 5.42. The number of fused-ring (bicyclic) bond motifs is 1. The molecule has 43 heavy (non-hydrogen) atoms. The number of aliphatic hydroxyl groups is 1. The minimum atomic E-state index is -0.898. The molecule has 3 unspecified atom stereocenters. The number of likely N-dealkylation sites (N-methyl/N-ethyl adjacent to an activating group) is 1. The summed E-state index contributed by atoms with van der Waals surface area (Å²) in [6.07, 6.45) is 4.25. The van der Waals surface area contributed by atoms with Gasteiger partial charge in [0.1, 0.15) is 11.8 Å². The fourth-order valence-corrected chi connectivity index (χ4v) is 10.6. The Morgan fingerprint density at radius 3 is 2.42 bits per heavy atom. The third-order valence-electron chi connectivity index (χ3n) is 8.91. The molecule has 5 rings (SSSR count). The highest BCUT2D eigenvalue weighted by atomic mass is 79.9. The van der Waals surface area contributed by atoms with E-state index in [0.29, 0.717) is 30.8 Å². The number of hydrogen-bond acceptors (Lipinski definition) is 6. The van der Waals surface area contributed by atoms with Crippen molar-refractivity contribution in [2.45, 2.75) is 39.7 Å². The van der Waals surface area contributed by atoms with Gasteiger partial charge in [0.2, 0.25) is 11.8 Å². The normalized spacial score (nSPS) is 27.9. The standard InChI is InChI=1S/C33H38BrN3O5S/c1-5-16-35(3)30(39)26-27-31(40)37(23(20-38)18-21-10-8-7-9-11-21)29(33(27)19-25(34)28(26)43-33)32(41)36(17-6-2)22-12-14-24(42-4)15-13-22/h5-15,23,25-29,38H,1-2,16-20H2,3-4H3/t23-,25?,26+,27+,28+,29?,33?/m1/s1. The van der Waals surface area contributed by atoms with Crippen LogP contribution >= 0.6 is 27.7 Å². The van der Waals surface area contributed by atoms with E-state index in [-0.39, 0.29) is 41.0 Å². The summed E-state index contributed by atoms with van der Waals surface area (Å²) in [6.45, 7) is 7.93. The number of amides is 3. The van der Waals surface area contributed by atoms with Gasteiger partial charge in [-0.1, -0.05) is 58.4 Å². The average molecular weight is 669 g/mol. The highest BCUT2D eigenvalue weighted by molar-refractivity contribution is 9.09. The van der Waals surface area contributed by atoms with Crippen LogP contribution in [-0.2, 0) is 20.8 Å². The number of rotatable bonds is 12. The molecule has 1 N–H and O–H groups in total. The van der Waals surface area contributed by atoms with Crippen LogP contribution in [0.5, 0.6) is 5.75 Å². The average Bonchev–Trinajstić information content (AvgIpc) is 3.62. The Balaban J connectivity index is 1.62. The molecule has 0 aromatic heterocycles. The molecule has 2 aromatic rings. The number of anilines is 1. The molecule has 1 spiro atoms. The summed E-state index contributed by atoms with van der Waals surface area (Å²) in [5, 5.41) is 10.6. The number of nitrogens with zero attached hydrogens (tertiary/aromatic N) is 3. The summed E-state index contributed by atoms with van der Waals surface area (Å²) < 4.78 is 4.48. The summed E-state index contributed by atoms with van der Waals surface area (Å²) in [5.74, 6) is -1.28. The predicted octanol–water partition coefficient (Wildman–Crippen LogP) is 3.93. The van der Waals surface area contributed by atoms with Gasteiger partial charge >= 0.3 is 0 Å². The van der Waals surface area contributed by atoms with Crippen LogP contribution in [0.4, 0.5) is 5.69 Å². The number of methoxy groups -OCH3 is 1. The molecule has 3 aliphatic heterocycles. The van der Waals surface area contributed by atoms with Crippen molar-refractivity contribution in [3.63, 3.8) is 0 Å². The second-order valence-electron chi connectivity index (χ2n) is 11.4. The Labute approximate surface area is 265 Å². The first-order valence-electron chi connectivity index (χ1n) is 14.4. The molecule has 0 radical (unpaired) electrons. The number of carbonyl (C=O) groups is 3. The first kappa shape index (κ1) is 31.3. The van der Waals surface area contributed by atoms with Gasteiger partial charge in [-0.3, -0.25) is 14.4 Å². The van der Waals surface area contributed by atoms with E-state index in [2.05, 4.69) is 29.1 Å². The van der Waals surface area contributed by atoms with Gasteiger partial charge in [0.15, 0.2) is 0 Å². The minimum absolute atomic E-state index is 0.0570. The van der Waals surface area contributed by atoms with Crippen molar-refractivity contribution in [3.8, 4) is 5.75 Å². The van der Waals surface area contributed by atoms with Crippen molar-refractivity contribution < 1.29 is 24.2 Å². The Bertz CT molecular complexity index is 1370. The number of ether oxygens (including phenoxy) is 1. The molecule has 7 atom stereocenters. The van der Waals surface area contributed by atoms with E-state index in [9.17, 15) is 19.5 Å². The van der Waals surface area contributed by atoms with Gasteiger partial charge in [-0.15, -0.1) is 24.9 Å². The molecule has 8 nitrogen and oxygen atoms in total. The predicted molar refractivity (Wildman–Crippen MR) is 173 cm³/mol. The molecule has 2 bridgehead atoms. The van der Waals surface area contributed by atoms with E-state index in [1.165, 1.54) is 0 Å². The molecule has 3 fully saturated rings.